The minimum atomic E-state index is -1.43. The van der Waals surface area contributed by atoms with Crippen molar-refractivity contribution < 1.29 is 8.85 Å². The molecule has 0 rings (SSSR count). The number of nitriles is 1. The largest absolute Gasteiger partial charge is 0.406 e. The van der Waals surface area contributed by atoms with Crippen molar-refractivity contribution in [1.29, 1.82) is 5.26 Å². The Morgan fingerprint density at radius 2 is 1.67 bits per heavy atom. The van der Waals surface area contributed by atoms with Gasteiger partial charge in [-0.3, -0.25) is 0 Å². The van der Waals surface area contributed by atoms with Crippen LogP contribution in [0.15, 0.2) is 0 Å². The van der Waals surface area contributed by atoms with E-state index in [4.69, 9.17) is 14.1 Å². The Kier molecular flexibility index (Phi) is 5.14. The van der Waals surface area contributed by atoms with Crippen LogP contribution in [0, 0.1) is 11.3 Å². The van der Waals surface area contributed by atoms with E-state index < -0.39 is 14.3 Å². The molecule has 0 saturated heterocycles. The van der Waals surface area contributed by atoms with E-state index >= 15 is 0 Å². The lowest BCUT2D eigenvalue weighted by Gasteiger charge is -2.26. The molecule has 0 aromatic rings. The highest BCUT2D eigenvalue weighted by Crippen LogP contribution is 2.37. The smallest absolute Gasteiger partial charge is 0.396 e. The van der Waals surface area contributed by atoms with Crippen molar-refractivity contribution in [2.75, 3.05) is 14.2 Å². The van der Waals surface area contributed by atoms with Crippen molar-refractivity contribution in [2.45, 2.75) is 31.7 Å². The Bertz CT molecular complexity index is 159. The highest BCUT2D eigenvalue weighted by atomic mass is 28.3. The van der Waals surface area contributed by atoms with Crippen LogP contribution < -0.4 is 0 Å². The molecule has 0 atom stereocenters. The molecule has 0 aliphatic carbocycles. The van der Waals surface area contributed by atoms with Gasteiger partial charge in [-0.05, 0) is 12.8 Å². The zero-order valence-corrected chi connectivity index (χ0v) is 9.18. The average molecular weight is 186 g/mol. The predicted molar refractivity (Wildman–Crippen MR) is 48.7 cm³/mol. The van der Waals surface area contributed by atoms with Gasteiger partial charge in [0.25, 0.3) is 0 Å². The molecule has 0 N–H and O–H groups in total. The normalized spacial score (nSPS) is 11.7. The maximum atomic E-state index is 9.02. The quantitative estimate of drug-likeness (QED) is 0.615. The minimum absolute atomic E-state index is 0.395. The van der Waals surface area contributed by atoms with Gasteiger partial charge >= 0.3 is 9.28 Å². The fraction of sp³-hybridized carbons (Fsp3) is 0.875. The summed E-state index contributed by atoms with van der Waals surface area (Å²) in [5, 5.41) is 8.63. The molecule has 0 aromatic carbocycles. The van der Waals surface area contributed by atoms with Crippen LogP contribution in [0.25, 0.3) is 0 Å². The van der Waals surface area contributed by atoms with E-state index in [-0.39, 0.29) is 0 Å². The van der Waals surface area contributed by atoms with Crippen molar-refractivity contribution in [3.05, 3.63) is 0 Å². The van der Waals surface area contributed by atoms with Crippen molar-refractivity contribution >= 4 is 9.28 Å². The third-order valence-corrected chi connectivity index (χ3v) is 4.52. The first-order valence-electron chi connectivity index (χ1n) is 4.07. The van der Waals surface area contributed by atoms with Gasteiger partial charge < -0.3 is 8.85 Å². The van der Waals surface area contributed by atoms with Crippen LogP contribution in [0.2, 0.25) is 5.04 Å². The topological polar surface area (TPSA) is 42.2 Å². The first-order chi connectivity index (χ1) is 5.70. The Morgan fingerprint density at radius 1 is 1.25 bits per heavy atom. The standard InChI is InChI=1S/C8H16NO2Si/c1-5-8(6-2,7-9)12(10-3)11-4/h5-6H2,1-4H3. The summed E-state index contributed by atoms with van der Waals surface area (Å²) in [4.78, 5) is 0. The number of rotatable bonds is 5. The maximum absolute atomic E-state index is 9.02. The molecule has 0 aliphatic rings. The van der Waals surface area contributed by atoms with Gasteiger partial charge in [-0.15, -0.1) is 0 Å². The van der Waals surface area contributed by atoms with E-state index in [1.165, 1.54) is 0 Å². The predicted octanol–water partition coefficient (Wildman–Crippen LogP) is 1.85. The molecule has 4 heteroatoms. The molecule has 0 fully saturated rings. The first-order valence-corrected chi connectivity index (χ1v) is 5.39. The maximum Gasteiger partial charge on any atom is 0.406 e. The second-order valence-corrected chi connectivity index (χ2v) is 4.95. The van der Waals surface area contributed by atoms with E-state index in [0.29, 0.717) is 0 Å². The summed E-state index contributed by atoms with van der Waals surface area (Å²) < 4.78 is 10.4. The lowest BCUT2D eigenvalue weighted by molar-refractivity contribution is 0.248. The fourth-order valence-electron chi connectivity index (χ4n) is 1.22. The van der Waals surface area contributed by atoms with Gasteiger partial charge in [0, 0.05) is 14.2 Å². The lowest BCUT2D eigenvalue weighted by Crippen LogP contribution is -2.35. The van der Waals surface area contributed by atoms with E-state index in [2.05, 4.69) is 6.07 Å². The van der Waals surface area contributed by atoms with Crippen LogP contribution in [0.5, 0.6) is 0 Å². The molecule has 0 heterocycles. The molecule has 69 valence electrons. The molecule has 3 nitrogen and oxygen atoms in total. The van der Waals surface area contributed by atoms with Gasteiger partial charge in [-0.25, -0.2) is 0 Å². The molecule has 0 aliphatic heterocycles. The summed E-state index contributed by atoms with van der Waals surface area (Å²) in [5.74, 6) is 0. The molecule has 0 bridgehead atoms. The summed E-state index contributed by atoms with van der Waals surface area (Å²) in [7, 11) is 1.78. The van der Waals surface area contributed by atoms with Crippen LogP contribution >= 0.6 is 0 Å². The average Bonchev–Trinajstić information content (AvgIpc) is 2.14. The molecule has 0 amide bonds. The molecule has 0 unspecified atom stereocenters. The highest BCUT2D eigenvalue weighted by Gasteiger charge is 2.41. The monoisotopic (exact) mass is 186 g/mol. The summed E-state index contributed by atoms with van der Waals surface area (Å²) >= 11 is 0. The molecule has 0 saturated carbocycles. The summed E-state index contributed by atoms with van der Waals surface area (Å²) in [6, 6.07) is 2.31. The zero-order chi connectivity index (χ0) is 9.61. The van der Waals surface area contributed by atoms with Crippen LogP contribution in [-0.2, 0) is 8.85 Å². The van der Waals surface area contributed by atoms with Crippen LogP contribution in [0.1, 0.15) is 26.7 Å². The van der Waals surface area contributed by atoms with Crippen LogP contribution in [0.4, 0.5) is 0 Å². The summed E-state index contributed by atoms with van der Waals surface area (Å²) in [6.07, 6.45) is 1.58. The third kappa shape index (κ3) is 2.06. The fourth-order valence-corrected chi connectivity index (χ4v) is 2.83. The Hall–Kier alpha value is -0.373. The lowest BCUT2D eigenvalue weighted by atomic mass is 10.0. The van der Waals surface area contributed by atoms with Gasteiger partial charge in [0.2, 0.25) is 0 Å². The molecular formula is C8H16NO2Si. The van der Waals surface area contributed by atoms with Crippen molar-refractivity contribution in [3.8, 4) is 6.07 Å². The van der Waals surface area contributed by atoms with Crippen molar-refractivity contribution in [2.24, 2.45) is 0 Å². The summed E-state index contributed by atoms with van der Waals surface area (Å²) in [6.45, 7) is 3.99. The van der Waals surface area contributed by atoms with Gasteiger partial charge in [0.1, 0.15) is 5.04 Å². The van der Waals surface area contributed by atoms with E-state index in [0.717, 1.165) is 12.8 Å². The Morgan fingerprint density at radius 3 is 1.75 bits per heavy atom. The number of hydrogen-bond acceptors (Lipinski definition) is 3. The van der Waals surface area contributed by atoms with Gasteiger partial charge in [-0.2, -0.15) is 5.26 Å². The van der Waals surface area contributed by atoms with E-state index in [1.807, 2.05) is 13.8 Å². The van der Waals surface area contributed by atoms with Gasteiger partial charge in [0.05, 0.1) is 6.07 Å². The molecule has 0 spiro atoms. The number of hydrogen-bond donors (Lipinski definition) is 0. The van der Waals surface area contributed by atoms with Crippen molar-refractivity contribution in [3.63, 3.8) is 0 Å². The van der Waals surface area contributed by atoms with Gasteiger partial charge in [0.15, 0.2) is 0 Å². The van der Waals surface area contributed by atoms with E-state index in [1.54, 1.807) is 14.2 Å². The highest BCUT2D eigenvalue weighted by molar-refractivity contribution is 6.49. The Labute approximate surface area is 76.1 Å². The molecular weight excluding hydrogens is 170 g/mol. The summed E-state index contributed by atoms with van der Waals surface area (Å²) in [5.41, 5.74) is 0. The SMILES string of the molecule is CCC(C#N)(CC)[Si](OC)OC. The van der Waals surface area contributed by atoms with Gasteiger partial charge in [-0.1, -0.05) is 13.8 Å². The van der Waals surface area contributed by atoms with E-state index in [9.17, 15) is 0 Å². The minimum Gasteiger partial charge on any atom is -0.396 e. The zero-order valence-electron chi connectivity index (χ0n) is 8.18. The first kappa shape index (κ1) is 11.6. The molecule has 12 heavy (non-hydrogen) atoms. The van der Waals surface area contributed by atoms with Crippen LogP contribution in [0.3, 0.4) is 0 Å². The van der Waals surface area contributed by atoms with Crippen molar-refractivity contribution in [1.82, 2.24) is 0 Å². The molecule has 0 aromatic heterocycles. The second-order valence-electron chi connectivity index (χ2n) is 2.60. The molecule has 1 radical (unpaired) electrons. The van der Waals surface area contributed by atoms with Crippen LogP contribution in [-0.4, -0.2) is 23.5 Å². The number of nitrogens with zero attached hydrogens (tertiary/aromatic N) is 1. The third-order valence-electron chi connectivity index (χ3n) is 2.18. The Balaban J connectivity index is 4.57. The second kappa shape index (κ2) is 5.30.